The van der Waals surface area contributed by atoms with Gasteiger partial charge in [0.15, 0.2) is 0 Å². The van der Waals surface area contributed by atoms with Crippen molar-refractivity contribution in [2.75, 3.05) is 5.32 Å². The SMILES string of the molecule is CCc1ccc2nc(Nc3nc(C)c(CCC(C)C)c(=O)[nH]3)nc(C)c2c1. The number of anilines is 2. The summed E-state index contributed by atoms with van der Waals surface area (Å²) in [6.07, 6.45) is 2.67. The van der Waals surface area contributed by atoms with Gasteiger partial charge in [-0.3, -0.25) is 15.1 Å². The number of hydrogen-bond donors (Lipinski definition) is 2. The van der Waals surface area contributed by atoms with Gasteiger partial charge in [0, 0.05) is 16.6 Å². The number of aromatic amines is 1. The largest absolute Gasteiger partial charge is 0.294 e. The van der Waals surface area contributed by atoms with Gasteiger partial charge in [-0.25, -0.2) is 15.0 Å². The van der Waals surface area contributed by atoms with E-state index in [-0.39, 0.29) is 5.56 Å². The van der Waals surface area contributed by atoms with Crippen LogP contribution in [0.2, 0.25) is 0 Å². The van der Waals surface area contributed by atoms with Gasteiger partial charge in [-0.05, 0) is 56.7 Å². The third kappa shape index (κ3) is 4.32. The van der Waals surface area contributed by atoms with Crippen LogP contribution in [0.15, 0.2) is 23.0 Å². The van der Waals surface area contributed by atoms with E-state index in [9.17, 15) is 4.79 Å². The highest BCUT2D eigenvalue weighted by Gasteiger charge is 2.11. The number of hydrogen-bond acceptors (Lipinski definition) is 5. The Morgan fingerprint density at radius 1 is 1.11 bits per heavy atom. The topological polar surface area (TPSA) is 83.6 Å². The highest BCUT2D eigenvalue weighted by atomic mass is 16.1. The molecule has 2 heterocycles. The average molecular weight is 365 g/mol. The molecule has 1 aromatic carbocycles. The van der Waals surface area contributed by atoms with Gasteiger partial charge in [-0.15, -0.1) is 0 Å². The average Bonchev–Trinajstić information content (AvgIpc) is 2.60. The summed E-state index contributed by atoms with van der Waals surface area (Å²) in [5.41, 5.74) is 4.41. The fourth-order valence-electron chi connectivity index (χ4n) is 3.11. The van der Waals surface area contributed by atoms with Gasteiger partial charge in [0.2, 0.25) is 11.9 Å². The number of aromatic nitrogens is 4. The second kappa shape index (κ2) is 7.86. The number of rotatable bonds is 6. The minimum Gasteiger partial charge on any atom is -0.294 e. The van der Waals surface area contributed by atoms with Gasteiger partial charge >= 0.3 is 0 Å². The Bertz CT molecular complexity index is 1020. The van der Waals surface area contributed by atoms with Crippen LogP contribution in [0, 0.1) is 19.8 Å². The highest BCUT2D eigenvalue weighted by molar-refractivity contribution is 5.82. The van der Waals surface area contributed by atoms with Crippen molar-refractivity contribution in [3.05, 3.63) is 51.1 Å². The smallest absolute Gasteiger partial charge is 0.255 e. The van der Waals surface area contributed by atoms with E-state index in [0.717, 1.165) is 47.1 Å². The van der Waals surface area contributed by atoms with E-state index < -0.39 is 0 Å². The Kier molecular flexibility index (Phi) is 5.54. The molecule has 3 aromatic rings. The predicted octanol–water partition coefficient (Wildman–Crippen LogP) is 4.22. The monoisotopic (exact) mass is 365 g/mol. The van der Waals surface area contributed by atoms with Crippen molar-refractivity contribution in [3.63, 3.8) is 0 Å². The molecule has 2 N–H and O–H groups in total. The maximum absolute atomic E-state index is 12.4. The summed E-state index contributed by atoms with van der Waals surface area (Å²) in [5, 5.41) is 4.09. The normalized spacial score (nSPS) is 11.3. The lowest BCUT2D eigenvalue weighted by Crippen LogP contribution is -2.19. The Hall–Kier alpha value is -2.76. The molecule has 0 aliphatic rings. The van der Waals surface area contributed by atoms with Gasteiger partial charge in [0.1, 0.15) is 0 Å². The Morgan fingerprint density at radius 2 is 1.89 bits per heavy atom. The minimum atomic E-state index is -0.101. The van der Waals surface area contributed by atoms with Crippen LogP contribution in [0.25, 0.3) is 10.9 Å². The second-order valence-electron chi connectivity index (χ2n) is 7.37. The summed E-state index contributed by atoms with van der Waals surface area (Å²) in [6.45, 7) is 10.3. The molecule has 0 unspecified atom stereocenters. The van der Waals surface area contributed by atoms with Crippen LogP contribution < -0.4 is 10.9 Å². The first-order valence-corrected chi connectivity index (χ1v) is 9.51. The summed E-state index contributed by atoms with van der Waals surface area (Å²) in [4.78, 5) is 28.8. The zero-order valence-electron chi connectivity index (χ0n) is 16.7. The molecular weight excluding hydrogens is 338 g/mol. The Balaban J connectivity index is 1.90. The van der Waals surface area contributed by atoms with Crippen molar-refractivity contribution in [1.82, 2.24) is 19.9 Å². The fourth-order valence-corrected chi connectivity index (χ4v) is 3.11. The summed E-state index contributed by atoms with van der Waals surface area (Å²) in [5.74, 6) is 1.35. The summed E-state index contributed by atoms with van der Waals surface area (Å²) < 4.78 is 0. The van der Waals surface area contributed by atoms with Gasteiger partial charge in [0.05, 0.1) is 11.2 Å². The first-order chi connectivity index (χ1) is 12.9. The van der Waals surface area contributed by atoms with E-state index in [1.54, 1.807) is 0 Å². The van der Waals surface area contributed by atoms with E-state index in [2.05, 4.69) is 58.2 Å². The summed E-state index contributed by atoms with van der Waals surface area (Å²) in [6, 6.07) is 6.21. The third-order valence-corrected chi connectivity index (χ3v) is 4.78. The molecule has 27 heavy (non-hydrogen) atoms. The molecule has 0 saturated heterocycles. The molecule has 0 aliphatic carbocycles. The van der Waals surface area contributed by atoms with Crippen LogP contribution >= 0.6 is 0 Å². The van der Waals surface area contributed by atoms with Crippen molar-refractivity contribution in [2.24, 2.45) is 5.92 Å². The number of aryl methyl sites for hydroxylation is 3. The lowest BCUT2D eigenvalue weighted by atomic mass is 10.0. The molecule has 0 aliphatic heterocycles. The van der Waals surface area contributed by atoms with E-state index in [1.165, 1.54) is 5.56 Å². The maximum Gasteiger partial charge on any atom is 0.255 e. The second-order valence-corrected chi connectivity index (χ2v) is 7.37. The zero-order chi connectivity index (χ0) is 19.6. The number of nitrogens with one attached hydrogen (secondary N) is 2. The maximum atomic E-state index is 12.4. The molecule has 0 radical (unpaired) electrons. The number of H-pyrrole nitrogens is 1. The molecule has 2 aromatic heterocycles. The fraction of sp³-hybridized carbons (Fsp3) is 0.429. The number of benzene rings is 1. The van der Waals surface area contributed by atoms with Gasteiger partial charge in [-0.1, -0.05) is 26.8 Å². The molecule has 0 saturated carbocycles. The number of nitrogens with zero attached hydrogens (tertiary/aromatic N) is 3. The van der Waals surface area contributed by atoms with E-state index in [4.69, 9.17) is 0 Å². The van der Waals surface area contributed by atoms with Crippen LogP contribution in [-0.4, -0.2) is 19.9 Å². The molecule has 0 atom stereocenters. The predicted molar refractivity (Wildman–Crippen MR) is 110 cm³/mol. The van der Waals surface area contributed by atoms with Gasteiger partial charge in [0.25, 0.3) is 5.56 Å². The minimum absolute atomic E-state index is 0.101. The van der Waals surface area contributed by atoms with Crippen molar-refractivity contribution in [2.45, 2.75) is 53.9 Å². The Morgan fingerprint density at radius 3 is 2.56 bits per heavy atom. The lowest BCUT2D eigenvalue weighted by Gasteiger charge is -2.11. The third-order valence-electron chi connectivity index (χ3n) is 4.78. The van der Waals surface area contributed by atoms with Crippen LogP contribution in [0.5, 0.6) is 0 Å². The molecule has 0 amide bonds. The lowest BCUT2D eigenvalue weighted by molar-refractivity contribution is 0.582. The van der Waals surface area contributed by atoms with E-state index in [0.29, 0.717) is 17.8 Å². The first-order valence-electron chi connectivity index (χ1n) is 9.51. The van der Waals surface area contributed by atoms with E-state index in [1.807, 2.05) is 19.9 Å². The van der Waals surface area contributed by atoms with Crippen LogP contribution in [-0.2, 0) is 12.8 Å². The summed E-state index contributed by atoms with van der Waals surface area (Å²) in [7, 11) is 0. The van der Waals surface area contributed by atoms with Crippen LogP contribution in [0.4, 0.5) is 11.9 Å². The molecule has 3 rings (SSSR count). The molecule has 0 fully saturated rings. The van der Waals surface area contributed by atoms with Crippen molar-refractivity contribution < 1.29 is 0 Å². The van der Waals surface area contributed by atoms with Crippen LogP contribution in [0.1, 0.15) is 49.7 Å². The molecule has 6 heteroatoms. The molecule has 0 bridgehead atoms. The molecule has 142 valence electrons. The van der Waals surface area contributed by atoms with E-state index >= 15 is 0 Å². The van der Waals surface area contributed by atoms with Gasteiger partial charge in [-0.2, -0.15) is 0 Å². The molecule has 0 spiro atoms. The van der Waals surface area contributed by atoms with Crippen molar-refractivity contribution >= 4 is 22.8 Å². The van der Waals surface area contributed by atoms with Gasteiger partial charge < -0.3 is 0 Å². The standard InChI is InChI=1S/C21H27N5O/c1-6-15-8-10-18-17(11-15)14(5)23-20(24-18)26-21-22-13(4)16(19(27)25-21)9-7-12(2)3/h8,10-12H,6-7,9H2,1-5H3,(H2,22,23,24,25,26,27). The summed E-state index contributed by atoms with van der Waals surface area (Å²) >= 11 is 0. The van der Waals surface area contributed by atoms with Crippen molar-refractivity contribution in [3.8, 4) is 0 Å². The zero-order valence-corrected chi connectivity index (χ0v) is 16.7. The Labute approximate surface area is 159 Å². The van der Waals surface area contributed by atoms with Crippen molar-refractivity contribution in [1.29, 1.82) is 0 Å². The molecule has 6 nitrogen and oxygen atoms in total. The highest BCUT2D eigenvalue weighted by Crippen LogP contribution is 2.20. The van der Waals surface area contributed by atoms with Crippen LogP contribution in [0.3, 0.4) is 0 Å². The first kappa shape index (κ1) is 19.0. The number of fused-ring (bicyclic) bond motifs is 1. The quantitative estimate of drug-likeness (QED) is 0.683. The molecular formula is C21H27N5O.